The molecule has 0 saturated carbocycles. The fourth-order valence-corrected chi connectivity index (χ4v) is 1.72. The second-order valence-electron chi connectivity index (χ2n) is 3.33. The number of amides is 1. The van der Waals surface area contributed by atoms with E-state index in [1.54, 1.807) is 0 Å². The summed E-state index contributed by atoms with van der Waals surface area (Å²) >= 11 is 0. The van der Waals surface area contributed by atoms with Gasteiger partial charge in [-0.1, -0.05) is 0 Å². The molecule has 0 bridgehead atoms. The van der Waals surface area contributed by atoms with Gasteiger partial charge in [-0.2, -0.15) is 0 Å². The number of hydrogen-bond acceptors (Lipinski definition) is 7. The summed E-state index contributed by atoms with van der Waals surface area (Å²) in [7, 11) is -0.0752. The molecule has 19 heavy (non-hydrogen) atoms. The minimum Gasteiger partial charge on any atom is -0.453 e. The van der Waals surface area contributed by atoms with Gasteiger partial charge in [0, 0.05) is 20.8 Å². The Morgan fingerprint density at radius 1 is 1.26 bits per heavy atom. The van der Waals surface area contributed by atoms with Gasteiger partial charge in [0.1, 0.15) is 6.10 Å². The van der Waals surface area contributed by atoms with Gasteiger partial charge in [0.25, 0.3) is 0 Å². The zero-order valence-electron chi connectivity index (χ0n) is 11.2. The second-order valence-corrected chi connectivity index (χ2v) is 4.78. The van der Waals surface area contributed by atoms with Gasteiger partial charge >= 0.3 is 13.9 Å². The number of phosphoric acid groups is 1. The van der Waals surface area contributed by atoms with Crippen LogP contribution >= 0.6 is 7.82 Å². The Balaban J connectivity index is 3.85. The number of phosphoric ester groups is 1. The van der Waals surface area contributed by atoms with Gasteiger partial charge in [-0.05, 0) is 0 Å². The first kappa shape index (κ1) is 18.3. The van der Waals surface area contributed by atoms with E-state index in [1.807, 2.05) is 0 Å². The molecule has 114 valence electrons. The smallest absolute Gasteiger partial charge is 0.453 e. The average molecular weight is 301 g/mol. The van der Waals surface area contributed by atoms with Crippen LogP contribution in [0.3, 0.4) is 0 Å². The predicted octanol–water partition coefficient (Wildman–Crippen LogP) is 0.137. The highest BCUT2D eigenvalue weighted by atomic mass is 31.2. The molecule has 0 fully saturated rings. The minimum absolute atomic E-state index is 0.0202. The van der Waals surface area contributed by atoms with Crippen molar-refractivity contribution < 1.29 is 37.5 Å². The molecule has 0 aliphatic rings. The van der Waals surface area contributed by atoms with E-state index in [-0.39, 0.29) is 26.4 Å². The summed E-state index contributed by atoms with van der Waals surface area (Å²) in [5.41, 5.74) is 0. The Hall–Kier alpha value is -0.700. The molecule has 0 heterocycles. The number of hydrogen-bond donors (Lipinski definition) is 2. The van der Waals surface area contributed by atoms with Crippen molar-refractivity contribution in [3.05, 3.63) is 0 Å². The number of nitrogens with one attached hydrogen (secondary N) is 1. The molecule has 2 atom stereocenters. The highest BCUT2D eigenvalue weighted by Gasteiger charge is 2.23. The lowest BCUT2D eigenvalue weighted by Gasteiger charge is -2.17. The molecule has 1 amide bonds. The largest absolute Gasteiger partial charge is 0.472 e. The Kier molecular flexibility index (Phi) is 9.76. The molecule has 2 N–H and O–H groups in total. The third-order valence-corrected chi connectivity index (χ3v) is 2.90. The number of ether oxygens (including phenoxy) is 3. The van der Waals surface area contributed by atoms with Crippen LogP contribution in [0.4, 0.5) is 4.79 Å². The van der Waals surface area contributed by atoms with Crippen molar-refractivity contribution in [1.82, 2.24) is 5.32 Å². The number of rotatable bonds is 10. The molecule has 0 saturated heterocycles. The maximum Gasteiger partial charge on any atom is 0.472 e. The molecule has 0 aromatic rings. The summed E-state index contributed by atoms with van der Waals surface area (Å²) in [6, 6.07) is 0. The number of methoxy groups -OCH3 is 3. The van der Waals surface area contributed by atoms with Crippen molar-refractivity contribution >= 4 is 13.9 Å². The lowest BCUT2D eigenvalue weighted by atomic mass is 10.4. The molecule has 0 rings (SSSR count). The van der Waals surface area contributed by atoms with E-state index in [9.17, 15) is 14.3 Å². The third-order valence-electron chi connectivity index (χ3n) is 1.92. The summed E-state index contributed by atoms with van der Waals surface area (Å²) in [6.45, 7) is -0.0971. The normalized spacial score (nSPS) is 15.6. The Bertz CT molecular complexity index is 300. The van der Waals surface area contributed by atoms with Gasteiger partial charge in [-0.25, -0.2) is 9.36 Å². The fraction of sp³-hybridized carbons (Fsp3) is 0.889. The average Bonchev–Trinajstić information content (AvgIpc) is 2.39. The van der Waals surface area contributed by atoms with E-state index in [0.717, 1.165) is 0 Å². The molecule has 2 unspecified atom stereocenters. The molecular weight excluding hydrogens is 281 g/mol. The summed E-state index contributed by atoms with van der Waals surface area (Å²) in [5, 5.41) is 2.28. The number of alkyl carbamates (subject to hydrolysis) is 1. The van der Waals surface area contributed by atoms with E-state index in [0.29, 0.717) is 0 Å². The summed E-state index contributed by atoms with van der Waals surface area (Å²) in [6.07, 6.45) is -1.13. The van der Waals surface area contributed by atoms with Crippen molar-refractivity contribution in [2.75, 3.05) is 47.7 Å². The first-order valence-corrected chi connectivity index (χ1v) is 6.90. The lowest BCUT2D eigenvalue weighted by Crippen LogP contribution is -2.27. The zero-order chi connectivity index (χ0) is 14.7. The second kappa shape index (κ2) is 10.1. The first-order chi connectivity index (χ1) is 8.95. The SMILES string of the molecule is COCC(COP(=O)(O)OCCNC(=O)OC)OC. The Morgan fingerprint density at radius 2 is 1.95 bits per heavy atom. The van der Waals surface area contributed by atoms with E-state index < -0.39 is 20.0 Å². The molecule has 0 aromatic carbocycles. The van der Waals surface area contributed by atoms with Gasteiger partial charge in [-0.3, -0.25) is 9.05 Å². The molecule has 9 nitrogen and oxygen atoms in total. The monoisotopic (exact) mass is 301 g/mol. The van der Waals surface area contributed by atoms with E-state index in [2.05, 4.69) is 14.6 Å². The van der Waals surface area contributed by atoms with Gasteiger partial charge in [0.05, 0.1) is 26.9 Å². The number of carbonyl (C=O) groups excluding carboxylic acids is 1. The summed E-state index contributed by atoms with van der Waals surface area (Å²) in [4.78, 5) is 20.0. The van der Waals surface area contributed by atoms with Crippen LogP contribution in [0.2, 0.25) is 0 Å². The van der Waals surface area contributed by atoms with Crippen molar-refractivity contribution in [3.8, 4) is 0 Å². The topological polar surface area (TPSA) is 113 Å². The summed E-state index contributed by atoms with van der Waals surface area (Å²) in [5.74, 6) is 0. The van der Waals surface area contributed by atoms with Crippen LogP contribution in [0, 0.1) is 0 Å². The highest BCUT2D eigenvalue weighted by molar-refractivity contribution is 7.47. The standard InChI is InChI=1S/C9H20NO8P/c1-14-6-8(15-2)7-18-19(12,13)17-5-4-10-9(11)16-3/h8H,4-7H2,1-3H3,(H,10,11)(H,12,13). The van der Waals surface area contributed by atoms with Gasteiger partial charge < -0.3 is 24.4 Å². The Morgan fingerprint density at radius 3 is 2.47 bits per heavy atom. The molecule has 0 aliphatic carbocycles. The van der Waals surface area contributed by atoms with Gasteiger partial charge in [0.2, 0.25) is 0 Å². The first-order valence-electron chi connectivity index (χ1n) is 5.40. The predicted molar refractivity (Wildman–Crippen MR) is 64.8 cm³/mol. The van der Waals surface area contributed by atoms with E-state index in [4.69, 9.17) is 14.0 Å². The van der Waals surface area contributed by atoms with Crippen LogP contribution < -0.4 is 5.32 Å². The van der Waals surface area contributed by atoms with E-state index >= 15 is 0 Å². The van der Waals surface area contributed by atoms with Crippen LogP contribution in [-0.4, -0.2) is 64.8 Å². The summed E-state index contributed by atoms with van der Waals surface area (Å²) < 4.78 is 34.8. The Labute approximate surface area is 111 Å². The van der Waals surface area contributed by atoms with Crippen LogP contribution in [0.1, 0.15) is 0 Å². The molecule has 0 aromatic heterocycles. The highest BCUT2D eigenvalue weighted by Crippen LogP contribution is 2.42. The van der Waals surface area contributed by atoms with Gasteiger partial charge in [0.15, 0.2) is 0 Å². The minimum atomic E-state index is -4.18. The van der Waals surface area contributed by atoms with Crippen LogP contribution in [0.15, 0.2) is 0 Å². The fourth-order valence-electron chi connectivity index (χ4n) is 0.971. The zero-order valence-corrected chi connectivity index (χ0v) is 12.1. The molecule has 0 spiro atoms. The van der Waals surface area contributed by atoms with Gasteiger partial charge in [-0.15, -0.1) is 0 Å². The molecule has 10 heteroatoms. The molecular formula is C9H20NO8P. The van der Waals surface area contributed by atoms with Crippen LogP contribution in [0.5, 0.6) is 0 Å². The third kappa shape index (κ3) is 9.83. The van der Waals surface area contributed by atoms with Crippen LogP contribution in [0.25, 0.3) is 0 Å². The quantitative estimate of drug-likeness (QED) is 0.433. The maximum absolute atomic E-state index is 11.4. The molecule has 0 radical (unpaired) electrons. The lowest BCUT2D eigenvalue weighted by molar-refractivity contribution is -0.00795. The van der Waals surface area contributed by atoms with E-state index in [1.165, 1.54) is 21.3 Å². The van der Waals surface area contributed by atoms with Crippen LogP contribution in [-0.2, 0) is 27.8 Å². The van der Waals surface area contributed by atoms with Crippen molar-refractivity contribution in [2.45, 2.75) is 6.10 Å². The number of carbonyl (C=O) groups is 1. The van der Waals surface area contributed by atoms with Crippen molar-refractivity contribution in [2.24, 2.45) is 0 Å². The van der Waals surface area contributed by atoms with Crippen molar-refractivity contribution in [1.29, 1.82) is 0 Å². The molecule has 0 aliphatic heterocycles. The maximum atomic E-state index is 11.4. The van der Waals surface area contributed by atoms with Crippen molar-refractivity contribution in [3.63, 3.8) is 0 Å².